The van der Waals surface area contributed by atoms with Crippen molar-refractivity contribution in [2.75, 3.05) is 26.7 Å². The van der Waals surface area contributed by atoms with E-state index in [0.717, 1.165) is 37.1 Å². The predicted octanol–water partition coefficient (Wildman–Crippen LogP) is 5.69. The molecule has 3 amide bonds. The SMILES string of the molecule is COc1nc(-c2cccc(-c3cccc(-c4cnc5nc(CNC6CCN(C(C)=O)CC6)nn5c4)c3Cl)c2Cl)ccc1CN(C[C@@H]1CCC(=O)N1)C(=O)O. The standard InChI is InChI=1S/C38H39Cl2N9O5/c1-22(50)47-15-13-25(14-16-47)41-18-32-45-37-42-17-24(20-49(37)46-32)27-5-3-6-28(34(27)39)29-7-4-8-30(35(29)40)31-11-9-23(36(44-31)54-2)19-48(38(52)53)21-26-10-12-33(51)43-26/h3-9,11,17,20,25-26,41H,10,12-16,18-19,21H2,1-2H3,(H,43,51)(H,52,53)/t26-/m0/s1. The molecular weight excluding hydrogens is 733 g/mol. The van der Waals surface area contributed by atoms with Crippen LogP contribution in [-0.4, -0.2) is 96.2 Å². The van der Waals surface area contributed by atoms with Gasteiger partial charge in [-0.2, -0.15) is 4.98 Å². The molecule has 0 spiro atoms. The lowest BCUT2D eigenvalue weighted by Crippen LogP contribution is -2.44. The van der Waals surface area contributed by atoms with Crippen LogP contribution in [0, 0.1) is 0 Å². The number of halogens is 2. The van der Waals surface area contributed by atoms with Gasteiger partial charge >= 0.3 is 6.09 Å². The van der Waals surface area contributed by atoms with Crippen LogP contribution in [0.4, 0.5) is 4.79 Å². The fraction of sp³-hybridized carbons (Fsp3) is 0.342. The third-order valence-electron chi connectivity index (χ3n) is 9.89. The molecule has 16 heteroatoms. The van der Waals surface area contributed by atoms with Crippen molar-refractivity contribution in [1.29, 1.82) is 0 Å². The zero-order chi connectivity index (χ0) is 37.9. The number of pyridine rings is 1. The number of fused-ring (bicyclic) bond motifs is 1. The average Bonchev–Trinajstić information content (AvgIpc) is 3.78. The molecule has 5 aromatic rings. The van der Waals surface area contributed by atoms with E-state index in [-0.39, 0.29) is 42.9 Å². The summed E-state index contributed by atoms with van der Waals surface area (Å²) in [5, 5.41) is 21.8. The van der Waals surface area contributed by atoms with Crippen molar-refractivity contribution in [3.05, 3.63) is 82.4 Å². The molecule has 3 N–H and O–H groups in total. The molecule has 14 nitrogen and oxygen atoms in total. The molecule has 2 aliphatic rings. The number of rotatable bonds is 11. The minimum Gasteiger partial charge on any atom is -0.481 e. The molecule has 280 valence electrons. The van der Waals surface area contributed by atoms with Crippen LogP contribution in [0.3, 0.4) is 0 Å². The van der Waals surface area contributed by atoms with Gasteiger partial charge in [0, 0.05) is 90.8 Å². The van der Waals surface area contributed by atoms with Gasteiger partial charge in [0.25, 0.3) is 5.78 Å². The number of hydrogen-bond acceptors (Lipinski definition) is 9. The third kappa shape index (κ3) is 7.96. The van der Waals surface area contributed by atoms with Crippen LogP contribution in [0.2, 0.25) is 10.0 Å². The number of aromatic nitrogens is 5. The van der Waals surface area contributed by atoms with Crippen LogP contribution in [0.15, 0.2) is 60.9 Å². The highest BCUT2D eigenvalue weighted by atomic mass is 35.5. The quantitative estimate of drug-likeness (QED) is 0.152. The van der Waals surface area contributed by atoms with Crippen molar-refractivity contribution < 1.29 is 24.2 Å². The number of nitrogens with one attached hydrogen (secondary N) is 2. The summed E-state index contributed by atoms with van der Waals surface area (Å²) in [5.74, 6) is 1.38. The first-order valence-electron chi connectivity index (χ1n) is 17.7. The number of hydrogen-bond donors (Lipinski definition) is 3. The molecule has 2 aromatic carbocycles. The monoisotopic (exact) mass is 771 g/mol. The van der Waals surface area contributed by atoms with E-state index < -0.39 is 6.09 Å². The lowest BCUT2D eigenvalue weighted by atomic mass is 9.97. The Hall–Kier alpha value is -5.31. The fourth-order valence-corrected chi connectivity index (χ4v) is 7.65. The minimum atomic E-state index is -1.11. The van der Waals surface area contributed by atoms with Crippen molar-refractivity contribution in [2.45, 2.75) is 57.8 Å². The molecule has 0 saturated carbocycles. The van der Waals surface area contributed by atoms with Crippen LogP contribution < -0.4 is 15.4 Å². The van der Waals surface area contributed by atoms with E-state index >= 15 is 0 Å². The van der Waals surface area contributed by atoms with Crippen molar-refractivity contribution in [3.63, 3.8) is 0 Å². The minimum absolute atomic E-state index is 0.0321. The van der Waals surface area contributed by atoms with Crippen molar-refractivity contribution in [3.8, 4) is 39.4 Å². The predicted molar refractivity (Wildman–Crippen MR) is 203 cm³/mol. The third-order valence-corrected chi connectivity index (χ3v) is 10.7. The Morgan fingerprint density at radius 2 is 1.70 bits per heavy atom. The van der Waals surface area contributed by atoms with Gasteiger partial charge in [-0.25, -0.2) is 19.3 Å². The van der Waals surface area contributed by atoms with E-state index in [9.17, 15) is 19.5 Å². The van der Waals surface area contributed by atoms with Gasteiger partial charge in [-0.15, -0.1) is 5.10 Å². The van der Waals surface area contributed by atoms with E-state index in [4.69, 9.17) is 32.9 Å². The average molecular weight is 773 g/mol. The summed E-state index contributed by atoms with van der Waals surface area (Å²) >= 11 is 14.2. The van der Waals surface area contributed by atoms with Gasteiger partial charge in [-0.05, 0) is 31.4 Å². The highest BCUT2D eigenvalue weighted by molar-refractivity contribution is 6.39. The molecule has 2 saturated heterocycles. The van der Waals surface area contributed by atoms with Crippen LogP contribution in [0.5, 0.6) is 5.88 Å². The highest BCUT2D eigenvalue weighted by Gasteiger charge is 2.27. The summed E-state index contributed by atoms with van der Waals surface area (Å²) in [6, 6.07) is 14.9. The van der Waals surface area contributed by atoms with Crippen molar-refractivity contribution in [1.82, 2.24) is 45.0 Å². The van der Waals surface area contributed by atoms with Crippen molar-refractivity contribution >= 4 is 46.9 Å². The Morgan fingerprint density at radius 1 is 1.00 bits per heavy atom. The Morgan fingerprint density at radius 3 is 2.37 bits per heavy atom. The summed E-state index contributed by atoms with van der Waals surface area (Å²) in [5.41, 5.74) is 4.63. The maximum atomic E-state index is 12.1. The maximum absolute atomic E-state index is 12.1. The Balaban J connectivity index is 1.10. The first-order chi connectivity index (χ1) is 26.1. The van der Waals surface area contributed by atoms with Gasteiger partial charge in [0.05, 0.1) is 35.9 Å². The van der Waals surface area contributed by atoms with Crippen LogP contribution in [-0.2, 0) is 22.7 Å². The van der Waals surface area contributed by atoms with Gasteiger partial charge in [0.1, 0.15) is 0 Å². The number of carbonyl (C=O) groups is 3. The second-order valence-corrected chi connectivity index (χ2v) is 14.2. The van der Waals surface area contributed by atoms with Gasteiger partial charge in [-0.3, -0.25) is 9.59 Å². The molecule has 54 heavy (non-hydrogen) atoms. The zero-order valence-corrected chi connectivity index (χ0v) is 31.3. The number of piperidine rings is 1. The molecular formula is C38H39Cl2N9O5. The molecule has 0 unspecified atom stereocenters. The number of ether oxygens (including phenoxy) is 1. The lowest BCUT2D eigenvalue weighted by Gasteiger charge is -2.31. The number of benzene rings is 2. The van der Waals surface area contributed by atoms with E-state index in [1.165, 1.54) is 12.0 Å². The van der Waals surface area contributed by atoms with Gasteiger partial charge in [0.2, 0.25) is 17.7 Å². The Bertz CT molecular complexity index is 2220. The molecule has 7 rings (SSSR count). The molecule has 3 aromatic heterocycles. The first-order valence-corrected chi connectivity index (χ1v) is 18.4. The Labute approximate surface area is 321 Å². The number of amides is 3. The van der Waals surface area contributed by atoms with Crippen LogP contribution in [0.25, 0.3) is 39.3 Å². The van der Waals surface area contributed by atoms with Gasteiger partial charge in [-0.1, -0.05) is 59.6 Å². The molecule has 5 heterocycles. The molecule has 0 aliphatic carbocycles. The largest absolute Gasteiger partial charge is 0.481 e. The smallest absolute Gasteiger partial charge is 0.407 e. The first kappa shape index (κ1) is 37.0. The van der Waals surface area contributed by atoms with Crippen LogP contribution in [0.1, 0.15) is 44.0 Å². The normalized spacial score (nSPS) is 16.1. The Kier molecular flexibility index (Phi) is 10.9. The highest BCUT2D eigenvalue weighted by Crippen LogP contribution is 2.42. The fourth-order valence-electron chi connectivity index (χ4n) is 6.99. The van der Waals surface area contributed by atoms with Crippen molar-refractivity contribution in [2.24, 2.45) is 0 Å². The van der Waals surface area contributed by atoms with E-state index in [0.29, 0.717) is 69.0 Å². The summed E-state index contributed by atoms with van der Waals surface area (Å²) in [6.07, 6.45) is 5.18. The van der Waals surface area contributed by atoms with Gasteiger partial charge in [0.15, 0.2) is 5.82 Å². The second-order valence-electron chi connectivity index (χ2n) is 13.4. The maximum Gasteiger partial charge on any atom is 0.407 e. The number of nitrogens with zero attached hydrogens (tertiary/aromatic N) is 7. The number of carbonyl (C=O) groups excluding carboxylic acids is 2. The number of methoxy groups -OCH3 is 1. The lowest BCUT2D eigenvalue weighted by molar-refractivity contribution is -0.130. The van der Waals surface area contributed by atoms with Crippen LogP contribution >= 0.6 is 23.2 Å². The van der Waals surface area contributed by atoms with Gasteiger partial charge < -0.3 is 30.3 Å². The number of carboxylic acid groups (broad SMARTS) is 1. The molecule has 0 radical (unpaired) electrons. The summed E-state index contributed by atoms with van der Waals surface area (Å²) < 4.78 is 7.25. The topological polar surface area (TPSA) is 167 Å². The molecule has 1 atom stereocenters. The molecule has 2 fully saturated rings. The summed E-state index contributed by atoms with van der Waals surface area (Å²) in [7, 11) is 1.48. The second kappa shape index (κ2) is 16.0. The zero-order valence-electron chi connectivity index (χ0n) is 29.8. The molecule has 2 aliphatic heterocycles. The van der Waals surface area contributed by atoms with E-state index in [2.05, 4.69) is 25.7 Å². The van der Waals surface area contributed by atoms with E-state index in [1.807, 2.05) is 47.5 Å². The summed E-state index contributed by atoms with van der Waals surface area (Å²) in [6.45, 7) is 3.76. The molecule has 0 bridgehead atoms. The summed E-state index contributed by atoms with van der Waals surface area (Å²) in [4.78, 5) is 52.3. The number of likely N-dealkylation sites (tertiary alicyclic amines) is 1. The van der Waals surface area contributed by atoms with E-state index in [1.54, 1.807) is 29.8 Å².